The predicted molar refractivity (Wildman–Crippen MR) is 47.3 cm³/mol. The molecule has 1 unspecified atom stereocenters. The Hall–Kier alpha value is -0.250. The second-order valence-electron chi connectivity index (χ2n) is 2.11. The summed E-state index contributed by atoms with van der Waals surface area (Å²) < 4.78 is 12.8. The third kappa shape index (κ3) is 2.09. The van der Waals surface area contributed by atoms with E-state index in [1.165, 1.54) is 18.2 Å². The molecule has 0 spiro atoms. The van der Waals surface area contributed by atoms with Gasteiger partial charge >= 0.3 is 0 Å². The molecule has 11 heavy (non-hydrogen) atoms. The van der Waals surface area contributed by atoms with Crippen LogP contribution in [-0.4, -0.2) is 0 Å². The molecule has 0 aliphatic heterocycles. The first-order valence-corrected chi connectivity index (χ1v) is 3.89. The Balaban J connectivity index is 3.13. The van der Waals surface area contributed by atoms with Crippen LogP contribution in [0.3, 0.4) is 0 Å². The minimum atomic E-state index is -0.617. The van der Waals surface area contributed by atoms with Gasteiger partial charge in [-0.3, -0.25) is 0 Å². The van der Waals surface area contributed by atoms with E-state index in [0.29, 0.717) is 10.6 Å². The molecular weight excluding hydrogens is 185 g/mol. The summed E-state index contributed by atoms with van der Waals surface area (Å²) in [6.45, 7) is 0. The standard InChI is InChI=1S/C7H7ClFNS/c8-4-1-2-6(9)5(3-4)7(10)11/h1-3,7,11H,10H2. The maximum atomic E-state index is 12.8. The van der Waals surface area contributed by atoms with Crippen LogP contribution in [0.25, 0.3) is 0 Å². The summed E-state index contributed by atoms with van der Waals surface area (Å²) in [5.41, 5.74) is 5.67. The van der Waals surface area contributed by atoms with Crippen LogP contribution in [0.2, 0.25) is 5.02 Å². The van der Waals surface area contributed by atoms with E-state index in [9.17, 15) is 4.39 Å². The van der Waals surface area contributed by atoms with Crippen molar-refractivity contribution in [2.24, 2.45) is 5.73 Å². The van der Waals surface area contributed by atoms with E-state index in [2.05, 4.69) is 12.6 Å². The van der Waals surface area contributed by atoms with Gasteiger partial charge in [0.15, 0.2) is 0 Å². The summed E-state index contributed by atoms with van der Waals surface area (Å²) in [5, 5.41) is -0.153. The van der Waals surface area contributed by atoms with Crippen LogP contribution >= 0.6 is 24.2 Å². The van der Waals surface area contributed by atoms with Gasteiger partial charge in [0.25, 0.3) is 0 Å². The summed E-state index contributed by atoms with van der Waals surface area (Å²) in [5.74, 6) is -0.378. The summed E-state index contributed by atoms with van der Waals surface area (Å²) in [6.07, 6.45) is 0. The molecule has 0 aliphatic rings. The lowest BCUT2D eigenvalue weighted by Gasteiger charge is -2.05. The Morgan fingerprint density at radius 1 is 1.55 bits per heavy atom. The first-order valence-electron chi connectivity index (χ1n) is 3.00. The molecule has 1 aromatic carbocycles. The van der Waals surface area contributed by atoms with E-state index in [0.717, 1.165) is 0 Å². The molecule has 0 aromatic heterocycles. The van der Waals surface area contributed by atoms with Gasteiger partial charge in [0.2, 0.25) is 0 Å². The number of hydrogen-bond acceptors (Lipinski definition) is 2. The van der Waals surface area contributed by atoms with Crippen molar-refractivity contribution in [1.29, 1.82) is 0 Å². The van der Waals surface area contributed by atoms with E-state index >= 15 is 0 Å². The molecule has 0 amide bonds. The van der Waals surface area contributed by atoms with Gasteiger partial charge in [-0.2, -0.15) is 12.6 Å². The molecule has 0 heterocycles. The number of halogens is 2. The van der Waals surface area contributed by atoms with Crippen LogP contribution in [0.5, 0.6) is 0 Å². The highest BCUT2D eigenvalue weighted by molar-refractivity contribution is 7.80. The number of nitrogens with two attached hydrogens (primary N) is 1. The third-order valence-electron chi connectivity index (χ3n) is 1.28. The van der Waals surface area contributed by atoms with Crippen LogP contribution in [0.4, 0.5) is 4.39 Å². The fourth-order valence-corrected chi connectivity index (χ4v) is 1.12. The van der Waals surface area contributed by atoms with Crippen LogP contribution in [0.1, 0.15) is 10.9 Å². The maximum absolute atomic E-state index is 12.8. The highest BCUT2D eigenvalue weighted by Gasteiger charge is 2.06. The van der Waals surface area contributed by atoms with E-state index < -0.39 is 5.37 Å². The monoisotopic (exact) mass is 191 g/mol. The molecule has 1 rings (SSSR count). The van der Waals surface area contributed by atoms with Crippen LogP contribution in [0, 0.1) is 5.82 Å². The van der Waals surface area contributed by atoms with Crippen LogP contribution in [-0.2, 0) is 0 Å². The van der Waals surface area contributed by atoms with Crippen molar-refractivity contribution < 1.29 is 4.39 Å². The predicted octanol–water partition coefficient (Wildman–Crippen LogP) is 2.37. The molecule has 0 aliphatic carbocycles. The summed E-state index contributed by atoms with van der Waals surface area (Å²) in [6, 6.07) is 4.21. The topological polar surface area (TPSA) is 26.0 Å². The Kier molecular flexibility index (Phi) is 2.76. The molecule has 0 fully saturated rings. The zero-order chi connectivity index (χ0) is 8.43. The minimum Gasteiger partial charge on any atom is -0.316 e. The summed E-state index contributed by atoms with van der Waals surface area (Å²) >= 11 is 9.49. The van der Waals surface area contributed by atoms with Gasteiger partial charge < -0.3 is 5.73 Å². The quantitative estimate of drug-likeness (QED) is 0.517. The van der Waals surface area contributed by atoms with Crippen molar-refractivity contribution in [1.82, 2.24) is 0 Å². The van der Waals surface area contributed by atoms with Gasteiger partial charge in [0.05, 0.1) is 5.37 Å². The molecule has 1 atom stereocenters. The molecule has 2 N–H and O–H groups in total. The molecular formula is C7H7ClFNS. The van der Waals surface area contributed by atoms with E-state index in [1.807, 2.05) is 0 Å². The second kappa shape index (κ2) is 3.43. The molecule has 0 radical (unpaired) electrons. The van der Waals surface area contributed by atoms with Crippen LogP contribution < -0.4 is 5.73 Å². The van der Waals surface area contributed by atoms with Gasteiger partial charge in [-0.05, 0) is 18.2 Å². The normalized spacial score (nSPS) is 13.1. The first-order chi connectivity index (χ1) is 5.11. The SMILES string of the molecule is NC(S)c1cc(Cl)ccc1F. The average Bonchev–Trinajstić information content (AvgIpc) is 1.94. The highest BCUT2D eigenvalue weighted by Crippen LogP contribution is 2.21. The van der Waals surface area contributed by atoms with Crippen LogP contribution in [0.15, 0.2) is 18.2 Å². The van der Waals surface area contributed by atoms with Crippen molar-refractivity contribution in [3.63, 3.8) is 0 Å². The van der Waals surface area contributed by atoms with Gasteiger partial charge in [-0.15, -0.1) is 0 Å². The molecule has 0 bridgehead atoms. The van der Waals surface area contributed by atoms with Gasteiger partial charge in [-0.1, -0.05) is 11.6 Å². The lowest BCUT2D eigenvalue weighted by atomic mass is 10.2. The Labute approximate surface area is 74.8 Å². The summed E-state index contributed by atoms with van der Waals surface area (Å²) in [4.78, 5) is 0. The molecule has 1 nitrogen and oxygen atoms in total. The number of thiol groups is 1. The Bertz CT molecular complexity index is 265. The first kappa shape index (κ1) is 8.84. The summed E-state index contributed by atoms with van der Waals surface area (Å²) in [7, 11) is 0. The van der Waals surface area contributed by atoms with Gasteiger partial charge in [0, 0.05) is 10.6 Å². The van der Waals surface area contributed by atoms with E-state index in [4.69, 9.17) is 17.3 Å². The van der Waals surface area contributed by atoms with E-state index in [1.54, 1.807) is 0 Å². The molecule has 1 aromatic rings. The fraction of sp³-hybridized carbons (Fsp3) is 0.143. The van der Waals surface area contributed by atoms with Crippen molar-refractivity contribution >= 4 is 24.2 Å². The Morgan fingerprint density at radius 3 is 2.64 bits per heavy atom. The number of hydrogen-bond donors (Lipinski definition) is 2. The van der Waals surface area contributed by atoms with Gasteiger partial charge in [-0.25, -0.2) is 4.39 Å². The molecule has 60 valence electrons. The second-order valence-corrected chi connectivity index (χ2v) is 3.10. The number of rotatable bonds is 1. The Morgan fingerprint density at radius 2 is 2.18 bits per heavy atom. The zero-order valence-corrected chi connectivity index (χ0v) is 7.24. The number of benzene rings is 1. The fourth-order valence-electron chi connectivity index (χ4n) is 0.741. The van der Waals surface area contributed by atoms with Crippen molar-refractivity contribution in [2.75, 3.05) is 0 Å². The maximum Gasteiger partial charge on any atom is 0.128 e. The molecule has 4 heteroatoms. The highest BCUT2D eigenvalue weighted by atomic mass is 35.5. The largest absolute Gasteiger partial charge is 0.316 e. The molecule has 0 saturated heterocycles. The van der Waals surface area contributed by atoms with Crippen molar-refractivity contribution in [3.05, 3.63) is 34.6 Å². The van der Waals surface area contributed by atoms with Crippen molar-refractivity contribution in [2.45, 2.75) is 5.37 Å². The molecule has 0 saturated carbocycles. The van der Waals surface area contributed by atoms with E-state index in [-0.39, 0.29) is 5.82 Å². The lowest BCUT2D eigenvalue weighted by Crippen LogP contribution is -2.04. The smallest absolute Gasteiger partial charge is 0.128 e. The third-order valence-corrected chi connectivity index (χ3v) is 1.79. The zero-order valence-electron chi connectivity index (χ0n) is 5.59. The lowest BCUT2D eigenvalue weighted by molar-refractivity contribution is 0.609. The average molecular weight is 192 g/mol. The van der Waals surface area contributed by atoms with Crippen molar-refractivity contribution in [3.8, 4) is 0 Å². The minimum absolute atomic E-state index is 0.320. The van der Waals surface area contributed by atoms with Gasteiger partial charge in [0.1, 0.15) is 5.82 Å².